The number of carbonyl (C=O) groups excluding carboxylic acids is 2. The molecule has 0 N–H and O–H groups in total. The molecule has 0 aromatic heterocycles. The summed E-state index contributed by atoms with van der Waals surface area (Å²) in [4.78, 5) is 28.8. The van der Waals surface area contributed by atoms with Gasteiger partial charge in [-0.25, -0.2) is 8.42 Å². The van der Waals surface area contributed by atoms with Gasteiger partial charge in [-0.2, -0.15) is 4.31 Å². The zero-order chi connectivity index (χ0) is 23.6. The molecule has 2 aromatic carbocycles. The van der Waals surface area contributed by atoms with Gasteiger partial charge in [0.1, 0.15) is 0 Å². The quantitative estimate of drug-likeness (QED) is 0.625. The maximum absolute atomic E-state index is 13.6. The van der Waals surface area contributed by atoms with Crippen LogP contribution < -0.4 is 0 Å². The van der Waals surface area contributed by atoms with Crippen LogP contribution in [0.15, 0.2) is 59.5 Å². The molecule has 1 aliphatic carbocycles. The molecule has 1 atom stereocenters. The van der Waals surface area contributed by atoms with Gasteiger partial charge in [-0.3, -0.25) is 9.59 Å². The van der Waals surface area contributed by atoms with Crippen LogP contribution in [0, 0.1) is 5.92 Å². The Kier molecular flexibility index (Phi) is 6.86. The monoisotopic (exact) mass is 469 g/mol. The second kappa shape index (κ2) is 9.65. The normalized spacial score (nSPS) is 18.1. The lowest BCUT2D eigenvalue weighted by Gasteiger charge is -2.33. The van der Waals surface area contributed by atoms with Crippen LogP contribution in [-0.2, 0) is 21.4 Å². The van der Waals surface area contributed by atoms with Crippen LogP contribution in [0.4, 0.5) is 0 Å². The molecule has 0 spiro atoms. The van der Waals surface area contributed by atoms with Gasteiger partial charge in [-0.15, -0.1) is 0 Å². The number of amides is 2. The lowest BCUT2D eigenvalue weighted by molar-refractivity contribution is -0.129. The molecule has 1 aliphatic heterocycles. The molecule has 0 bridgehead atoms. The van der Waals surface area contributed by atoms with Gasteiger partial charge in [0.15, 0.2) is 0 Å². The van der Waals surface area contributed by atoms with Crippen molar-refractivity contribution < 1.29 is 18.0 Å². The third-order valence-electron chi connectivity index (χ3n) is 6.66. The van der Waals surface area contributed by atoms with Crippen LogP contribution in [0.1, 0.15) is 42.6 Å². The second-order valence-corrected chi connectivity index (χ2v) is 10.9. The average molecular weight is 470 g/mol. The molecule has 2 aromatic rings. The number of piperazine rings is 1. The zero-order valence-corrected chi connectivity index (χ0v) is 20.0. The number of carbonyl (C=O) groups is 2. The molecule has 2 aliphatic rings. The minimum absolute atomic E-state index is 0.0528. The molecule has 33 heavy (non-hydrogen) atoms. The summed E-state index contributed by atoms with van der Waals surface area (Å²) in [6, 6.07) is 16.3. The van der Waals surface area contributed by atoms with E-state index in [1.165, 1.54) is 23.4 Å². The molecule has 0 radical (unpaired) electrons. The molecular weight excluding hydrogens is 438 g/mol. The van der Waals surface area contributed by atoms with E-state index in [2.05, 4.69) is 6.92 Å². The highest BCUT2D eigenvalue weighted by Gasteiger charge is 2.35. The molecule has 176 valence electrons. The van der Waals surface area contributed by atoms with E-state index in [0.29, 0.717) is 31.1 Å². The van der Waals surface area contributed by atoms with Gasteiger partial charge in [-0.05, 0) is 49.4 Å². The van der Waals surface area contributed by atoms with Crippen LogP contribution in [0.2, 0.25) is 0 Å². The third-order valence-corrected chi connectivity index (χ3v) is 8.55. The predicted octanol–water partition coefficient (Wildman–Crippen LogP) is 2.98. The standard InChI is InChI=1S/C25H31N3O4S/c1-19(22-11-12-22)28(18-21-7-4-3-5-8-21)25(30)23-9-6-10-24(17-23)33(31,32)27-15-13-26(14-16-27)20(2)29/h3-10,17,19,22H,11-16,18H2,1-2H3. The number of nitrogens with zero attached hydrogens (tertiary/aromatic N) is 3. The Hall–Kier alpha value is -2.71. The summed E-state index contributed by atoms with van der Waals surface area (Å²) >= 11 is 0. The zero-order valence-electron chi connectivity index (χ0n) is 19.2. The Morgan fingerprint density at radius 2 is 1.67 bits per heavy atom. The highest BCUT2D eigenvalue weighted by molar-refractivity contribution is 7.89. The minimum Gasteiger partial charge on any atom is -0.340 e. The number of hydrogen-bond acceptors (Lipinski definition) is 4. The van der Waals surface area contributed by atoms with Crippen molar-refractivity contribution in [2.24, 2.45) is 5.92 Å². The molecule has 1 heterocycles. The van der Waals surface area contributed by atoms with Gasteiger partial charge in [0, 0.05) is 51.3 Å². The molecule has 7 nitrogen and oxygen atoms in total. The molecule has 2 fully saturated rings. The Morgan fingerprint density at radius 3 is 2.27 bits per heavy atom. The van der Waals surface area contributed by atoms with Gasteiger partial charge in [0.05, 0.1) is 4.90 Å². The molecule has 1 saturated heterocycles. The van der Waals surface area contributed by atoms with Gasteiger partial charge in [-0.1, -0.05) is 36.4 Å². The first-order valence-corrected chi connectivity index (χ1v) is 12.9. The first-order chi connectivity index (χ1) is 15.8. The first-order valence-electron chi connectivity index (χ1n) is 11.5. The van der Waals surface area contributed by atoms with Crippen molar-refractivity contribution in [2.75, 3.05) is 26.2 Å². The summed E-state index contributed by atoms with van der Waals surface area (Å²) in [5.74, 6) is 0.279. The number of hydrogen-bond donors (Lipinski definition) is 0. The maximum Gasteiger partial charge on any atom is 0.254 e. The fourth-order valence-corrected chi connectivity index (χ4v) is 5.83. The summed E-state index contributed by atoms with van der Waals surface area (Å²) < 4.78 is 27.9. The van der Waals surface area contributed by atoms with Crippen LogP contribution in [-0.4, -0.2) is 66.6 Å². The summed E-state index contributed by atoms with van der Waals surface area (Å²) in [6.07, 6.45) is 2.22. The van der Waals surface area contributed by atoms with Crippen molar-refractivity contribution in [3.63, 3.8) is 0 Å². The van der Waals surface area contributed by atoms with E-state index in [1.807, 2.05) is 35.2 Å². The van der Waals surface area contributed by atoms with Crippen molar-refractivity contribution in [3.05, 3.63) is 65.7 Å². The van der Waals surface area contributed by atoms with E-state index in [4.69, 9.17) is 0 Å². The van der Waals surface area contributed by atoms with E-state index in [-0.39, 0.29) is 35.8 Å². The summed E-state index contributed by atoms with van der Waals surface area (Å²) in [6.45, 7) is 5.30. The fraction of sp³-hybridized carbons (Fsp3) is 0.440. The average Bonchev–Trinajstić information content (AvgIpc) is 3.68. The highest BCUT2D eigenvalue weighted by atomic mass is 32.2. The van der Waals surface area contributed by atoms with Crippen molar-refractivity contribution in [1.82, 2.24) is 14.1 Å². The van der Waals surface area contributed by atoms with Crippen molar-refractivity contribution in [3.8, 4) is 0 Å². The van der Waals surface area contributed by atoms with Crippen molar-refractivity contribution in [2.45, 2.75) is 44.2 Å². The fourth-order valence-electron chi connectivity index (χ4n) is 4.36. The molecule has 4 rings (SSSR count). The minimum atomic E-state index is -3.75. The Labute approximate surface area is 196 Å². The lowest BCUT2D eigenvalue weighted by atomic mass is 10.1. The Morgan fingerprint density at radius 1 is 1.00 bits per heavy atom. The van der Waals surface area contributed by atoms with E-state index in [1.54, 1.807) is 17.0 Å². The molecule has 2 amide bonds. The smallest absolute Gasteiger partial charge is 0.254 e. The van der Waals surface area contributed by atoms with Crippen LogP contribution >= 0.6 is 0 Å². The van der Waals surface area contributed by atoms with Gasteiger partial charge in [0.25, 0.3) is 5.91 Å². The summed E-state index contributed by atoms with van der Waals surface area (Å²) in [7, 11) is -3.75. The number of sulfonamides is 1. The molecule has 1 unspecified atom stereocenters. The van der Waals surface area contributed by atoms with Crippen molar-refractivity contribution in [1.29, 1.82) is 0 Å². The predicted molar refractivity (Wildman–Crippen MR) is 126 cm³/mol. The largest absolute Gasteiger partial charge is 0.340 e. The second-order valence-electron chi connectivity index (χ2n) is 8.93. The number of benzene rings is 2. The Balaban J connectivity index is 1.56. The van der Waals surface area contributed by atoms with E-state index >= 15 is 0 Å². The van der Waals surface area contributed by atoms with Gasteiger partial charge in [0.2, 0.25) is 15.9 Å². The van der Waals surface area contributed by atoms with Crippen LogP contribution in [0.25, 0.3) is 0 Å². The highest BCUT2D eigenvalue weighted by Crippen LogP contribution is 2.36. The van der Waals surface area contributed by atoms with Gasteiger partial charge >= 0.3 is 0 Å². The summed E-state index contributed by atoms with van der Waals surface area (Å²) in [5.41, 5.74) is 1.42. The van der Waals surface area contributed by atoms with Crippen molar-refractivity contribution >= 4 is 21.8 Å². The van der Waals surface area contributed by atoms with Crippen LogP contribution in [0.3, 0.4) is 0 Å². The first kappa shape index (κ1) is 23.4. The van der Waals surface area contributed by atoms with E-state index in [0.717, 1.165) is 18.4 Å². The third kappa shape index (κ3) is 5.28. The molecular formula is C25H31N3O4S. The Bertz CT molecular complexity index is 1110. The SMILES string of the molecule is CC(=O)N1CCN(S(=O)(=O)c2cccc(C(=O)N(Cc3ccccc3)C(C)C3CC3)c2)CC1. The molecule has 8 heteroatoms. The van der Waals surface area contributed by atoms with Crippen LogP contribution in [0.5, 0.6) is 0 Å². The van der Waals surface area contributed by atoms with E-state index < -0.39 is 10.0 Å². The number of rotatable bonds is 7. The topological polar surface area (TPSA) is 78.0 Å². The van der Waals surface area contributed by atoms with E-state index in [9.17, 15) is 18.0 Å². The lowest BCUT2D eigenvalue weighted by Crippen LogP contribution is -2.49. The van der Waals surface area contributed by atoms with Gasteiger partial charge < -0.3 is 9.80 Å². The summed E-state index contributed by atoms with van der Waals surface area (Å²) in [5, 5.41) is 0. The maximum atomic E-state index is 13.6. The molecule has 1 saturated carbocycles.